The van der Waals surface area contributed by atoms with Gasteiger partial charge in [0.05, 0.1) is 19.6 Å². The molecule has 0 radical (unpaired) electrons. The standard InChI is InChI=1S/C12H22F3NO/c13-12(14,15)7-9-17-10-8-16-11-5-3-1-2-4-6-11/h11,16H,1-10H2. The van der Waals surface area contributed by atoms with Crippen LogP contribution in [0.25, 0.3) is 0 Å². The van der Waals surface area contributed by atoms with E-state index in [2.05, 4.69) is 5.32 Å². The van der Waals surface area contributed by atoms with Crippen LogP contribution in [-0.4, -0.2) is 32.0 Å². The van der Waals surface area contributed by atoms with Crippen LogP contribution in [0.3, 0.4) is 0 Å². The average Bonchev–Trinajstić information content (AvgIpc) is 2.50. The second kappa shape index (κ2) is 7.93. The predicted molar refractivity (Wildman–Crippen MR) is 61.0 cm³/mol. The Kier molecular flexibility index (Phi) is 6.89. The molecule has 0 saturated heterocycles. The Morgan fingerprint density at radius 2 is 1.65 bits per heavy atom. The van der Waals surface area contributed by atoms with Gasteiger partial charge in [0.2, 0.25) is 0 Å². The van der Waals surface area contributed by atoms with Gasteiger partial charge in [-0.15, -0.1) is 0 Å². The molecule has 0 amide bonds. The van der Waals surface area contributed by atoms with E-state index >= 15 is 0 Å². The fourth-order valence-electron chi connectivity index (χ4n) is 2.11. The number of rotatable bonds is 6. The first-order valence-electron chi connectivity index (χ1n) is 6.46. The van der Waals surface area contributed by atoms with E-state index in [-0.39, 0.29) is 6.61 Å². The van der Waals surface area contributed by atoms with Gasteiger partial charge in [0.1, 0.15) is 0 Å². The van der Waals surface area contributed by atoms with E-state index in [0.717, 1.165) is 0 Å². The normalized spacial score (nSPS) is 19.2. The number of hydrogen-bond donors (Lipinski definition) is 1. The van der Waals surface area contributed by atoms with Gasteiger partial charge in [-0.05, 0) is 12.8 Å². The molecule has 0 aromatic carbocycles. The molecule has 0 aromatic rings. The summed E-state index contributed by atoms with van der Waals surface area (Å²) in [5, 5.41) is 3.35. The number of nitrogens with one attached hydrogen (secondary N) is 1. The topological polar surface area (TPSA) is 21.3 Å². The minimum absolute atomic E-state index is 0.226. The monoisotopic (exact) mass is 253 g/mol. The van der Waals surface area contributed by atoms with Crippen molar-refractivity contribution in [1.29, 1.82) is 0 Å². The lowest BCUT2D eigenvalue weighted by Gasteiger charge is -2.16. The van der Waals surface area contributed by atoms with Crippen LogP contribution in [0.4, 0.5) is 13.2 Å². The van der Waals surface area contributed by atoms with E-state index in [4.69, 9.17) is 4.74 Å². The maximum atomic E-state index is 11.8. The van der Waals surface area contributed by atoms with Crippen molar-refractivity contribution in [2.24, 2.45) is 0 Å². The second-order valence-corrected chi connectivity index (χ2v) is 4.62. The summed E-state index contributed by atoms with van der Waals surface area (Å²) in [5.74, 6) is 0. The molecule has 0 aromatic heterocycles. The van der Waals surface area contributed by atoms with Gasteiger partial charge in [-0.2, -0.15) is 13.2 Å². The van der Waals surface area contributed by atoms with E-state index in [1.807, 2.05) is 0 Å². The Morgan fingerprint density at radius 1 is 1.00 bits per heavy atom. The summed E-state index contributed by atoms with van der Waals surface area (Å²) in [6.07, 6.45) is 2.54. The number of alkyl halides is 3. The van der Waals surface area contributed by atoms with E-state index in [1.165, 1.54) is 38.5 Å². The number of hydrogen-bond acceptors (Lipinski definition) is 2. The lowest BCUT2D eigenvalue weighted by atomic mass is 10.1. The van der Waals surface area contributed by atoms with Crippen LogP contribution in [0.5, 0.6) is 0 Å². The summed E-state index contributed by atoms with van der Waals surface area (Å²) in [6, 6.07) is 0.531. The van der Waals surface area contributed by atoms with Gasteiger partial charge in [0, 0.05) is 12.6 Å². The Hall–Kier alpha value is -0.290. The zero-order valence-electron chi connectivity index (χ0n) is 10.2. The second-order valence-electron chi connectivity index (χ2n) is 4.62. The van der Waals surface area contributed by atoms with E-state index < -0.39 is 12.6 Å². The first kappa shape index (κ1) is 14.8. The van der Waals surface area contributed by atoms with Gasteiger partial charge in [0.15, 0.2) is 0 Å². The quantitative estimate of drug-likeness (QED) is 0.579. The molecule has 1 fully saturated rings. The summed E-state index contributed by atoms with van der Waals surface area (Å²) in [6.45, 7) is 0.797. The van der Waals surface area contributed by atoms with Crippen molar-refractivity contribution in [2.75, 3.05) is 19.8 Å². The minimum atomic E-state index is -4.10. The van der Waals surface area contributed by atoms with Crippen molar-refractivity contribution in [3.63, 3.8) is 0 Å². The fourth-order valence-corrected chi connectivity index (χ4v) is 2.11. The predicted octanol–water partition coefficient (Wildman–Crippen LogP) is 3.27. The summed E-state index contributed by atoms with van der Waals surface area (Å²) >= 11 is 0. The minimum Gasteiger partial charge on any atom is -0.380 e. The van der Waals surface area contributed by atoms with Crippen LogP contribution in [-0.2, 0) is 4.74 Å². The molecule has 1 saturated carbocycles. The molecule has 0 aliphatic heterocycles. The van der Waals surface area contributed by atoms with Gasteiger partial charge >= 0.3 is 6.18 Å². The molecule has 1 rings (SSSR count). The highest BCUT2D eigenvalue weighted by Crippen LogP contribution is 2.19. The third-order valence-corrected chi connectivity index (χ3v) is 3.06. The van der Waals surface area contributed by atoms with Crippen LogP contribution in [0.2, 0.25) is 0 Å². The van der Waals surface area contributed by atoms with Gasteiger partial charge in [-0.1, -0.05) is 25.7 Å². The summed E-state index contributed by atoms with van der Waals surface area (Å²) in [4.78, 5) is 0. The fraction of sp³-hybridized carbons (Fsp3) is 1.00. The molecule has 5 heteroatoms. The van der Waals surface area contributed by atoms with Crippen molar-refractivity contribution in [1.82, 2.24) is 5.32 Å². The van der Waals surface area contributed by atoms with Crippen LogP contribution in [0, 0.1) is 0 Å². The molecule has 0 heterocycles. The van der Waals surface area contributed by atoms with Crippen molar-refractivity contribution < 1.29 is 17.9 Å². The summed E-state index contributed by atoms with van der Waals surface area (Å²) < 4.78 is 40.4. The van der Waals surface area contributed by atoms with Crippen LogP contribution in [0.1, 0.15) is 44.9 Å². The first-order chi connectivity index (χ1) is 8.08. The molecule has 1 aliphatic carbocycles. The lowest BCUT2D eigenvalue weighted by molar-refractivity contribution is -0.145. The third-order valence-electron chi connectivity index (χ3n) is 3.06. The molecule has 0 spiro atoms. The van der Waals surface area contributed by atoms with Crippen LogP contribution < -0.4 is 5.32 Å². The Morgan fingerprint density at radius 3 is 2.24 bits per heavy atom. The van der Waals surface area contributed by atoms with Crippen LogP contribution >= 0.6 is 0 Å². The number of halogens is 3. The molecule has 17 heavy (non-hydrogen) atoms. The van der Waals surface area contributed by atoms with Gasteiger partial charge < -0.3 is 10.1 Å². The number of ether oxygens (including phenoxy) is 1. The molecule has 0 bridgehead atoms. The highest BCUT2D eigenvalue weighted by molar-refractivity contribution is 4.70. The van der Waals surface area contributed by atoms with Crippen molar-refractivity contribution in [3.8, 4) is 0 Å². The molecule has 0 unspecified atom stereocenters. The maximum absolute atomic E-state index is 11.8. The molecular formula is C12H22F3NO. The molecule has 1 aliphatic rings. The van der Waals surface area contributed by atoms with Crippen molar-refractivity contribution in [3.05, 3.63) is 0 Å². The summed E-state index contributed by atoms with van der Waals surface area (Å²) in [5.41, 5.74) is 0. The SMILES string of the molecule is FC(F)(F)CCOCCNC1CCCCCC1. The van der Waals surface area contributed by atoms with Crippen LogP contribution in [0.15, 0.2) is 0 Å². The van der Waals surface area contributed by atoms with E-state index in [0.29, 0.717) is 19.2 Å². The highest BCUT2D eigenvalue weighted by atomic mass is 19.4. The zero-order chi connectivity index (χ0) is 12.6. The molecule has 1 N–H and O–H groups in total. The molecule has 2 nitrogen and oxygen atoms in total. The highest BCUT2D eigenvalue weighted by Gasteiger charge is 2.26. The van der Waals surface area contributed by atoms with E-state index in [1.54, 1.807) is 0 Å². The third kappa shape index (κ3) is 8.44. The summed E-state index contributed by atoms with van der Waals surface area (Å²) in [7, 11) is 0. The Bertz CT molecular complexity index is 189. The largest absolute Gasteiger partial charge is 0.391 e. The first-order valence-corrected chi connectivity index (χ1v) is 6.46. The van der Waals surface area contributed by atoms with Gasteiger partial charge in [-0.25, -0.2) is 0 Å². The van der Waals surface area contributed by atoms with E-state index in [9.17, 15) is 13.2 Å². The zero-order valence-corrected chi connectivity index (χ0v) is 10.2. The smallest absolute Gasteiger partial charge is 0.380 e. The van der Waals surface area contributed by atoms with Crippen molar-refractivity contribution in [2.45, 2.75) is 57.2 Å². The Labute approximate surface area is 101 Å². The van der Waals surface area contributed by atoms with Gasteiger partial charge in [0.25, 0.3) is 0 Å². The Balaban J connectivity index is 1.93. The average molecular weight is 253 g/mol. The molecule has 102 valence electrons. The van der Waals surface area contributed by atoms with Crippen molar-refractivity contribution >= 4 is 0 Å². The van der Waals surface area contributed by atoms with Gasteiger partial charge in [-0.3, -0.25) is 0 Å². The molecule has 0 atom stereocenters. The molecular weight excluding hydrogens is 231 g/mol. The lowest BCUT2D eigenvalue weighted by Crippen LogP contribution is -2.31. The maximum Gasteiger partial charge on any atom is 0.391 e.